The Balaban J connectivity index is 4.39. The van der Waals surface area contributed by atoms with Crippen molar-refractivity contribution in [2.45, 2.75) is 40.2 Å². The highest BCUT2D eigenvalue weighted by Crippen LogP contribution is 2.05. The summed E-state index contributed by atoms with van der Waals surface area (Å²) in [4.78, 5) is 24.2. The van der Waals surface area contributed by atoms with Crippen LogP contribution in [0, 0.1) is 5.92 Å². The normalized spacial score (nSPS) is 12.3. The highest BCUT2D eigenvalue weighted by Gasteiger charge is 2.22. The van der Waals surface area contributed by atoms with Gasteiger partial charge in [-0.15, -0.1) is 0 Å². The predicted molar refractivity (Wildman–Crippen MR) is 62.3 cm³/mol. The Morgan fingerprint density at radius 3 is 2.06 bits per heavy atom. The standard InChI is InChI=1S/C11H22N2O3/c1-5-13(6-2)11(16)12-9(10(14)15)7-8(3)4/h8-9H,5-7H2,1-4H3,(H,12,16)(H,14,15)/t9-/m1/s1. The number of hydrogen-bond acceptors (Lipinski definition) is 2. The number of nitrogens with zero attached hydrogens (tertiary/aromatic N) is 1. The lowest BCUT2D eigenvalue weighted by Gasteiger charge is -2.23. The summed E-state index contributed by atoms with van der Waals surface area (Å²) >= 11 is 0. The Morgan fingerprint density at radius 2 is 1.75 bits per heavy atom. The highest BCUT2D eigenvalue weighted by molar-refractivity contribution is 5.82. The van der Waals surface area contributed by atoms with Crippen LogP contribution in [0.25, 0.3) is 0 Å². The molecule has 16 heavy (non-hydrogen) atoms. The van der Waals surface area contributed by atoms with E-state index in [1.807, 2.05) is 27.7 Å². The zero-order chi connectivity index (χ0) is 12.7. The molecule has 5 heteroatoms. The van der Waals surface area contributed by atoms with Crippen molar-refractivity contribution in [1.29, 1.82) is 0 Å². The molecule has 0 unspecified atom stereocenters. The van der Waals surface area contributed by atoms with E-state index in [1.54, 1.807) is 4.90 Å². The summed E-state index contributed by atoms with van der Waals surface area (Å²) in [6, 6.07) is -1.11. The number of nitrogens with one attached hydrogen (secondary N) is 1. The van der Waals surface area contributed by atoms with Crippen molar-refractivity contribution < 1.29 is 14.7 Å². The molecule has 0 heterocycles. The molecule has 2 N–H and O–H groups in total. The van der Waals surface area contributed by atoms with Gasteiger partial charge >= 0.3 is 12.0 Å². The molecule has 0 saturated heterocycles. The van der Waals surface area contributed by atoms with Gasteiger partial charge in [0.2, 0.25) is 0 Å². The number of amides is 2. The predicted octanol–water partition coefficient (Wildman–Crippen LogP) is 1.54. The topological polar surface area (TPSA) is 69.6 Å². The lowest BCUT2D eigenvalue weighted by molar-refractivity contribution is -0.139. The molecule has 0 bridgehead atoms. The van der Waals surface area contributed by atoms with Crippen molar-refractivity contribution in [2.75, 3.05) is 13.1 Å². The second-order valence-electron chi connectivity index (χ2n) is 4.14. The van der Waals surface area contributed by atoms with Gasteiger partial charge in [0, 0.05) is 13.1 Å². The summed E-state index contributed by atoms with van der Waals surface area (Å²) in [6.07, 6.45) is 0.447. The van der Waals surface area contributed by atoms with Crippen LogP contribution in [0.15, 0.2) is 0 Å². The van der Waals surface area contributed by atoms with Gasteiger partial charge in [-0.05, 0) is 26.2 Å². The summed E-state index contributed by atoms with van der Waals surface area (Å²) in [5.41, 5.74) is 0. The first-order valence-electron chi connectivity index (χ1n) is 5.70. The molecule has 1 atom stereocenters. The minimum absolute atomic E-state index is 0.234. The van der Waals surface area contributed by atoms with E-state index < -0.39 is 12.0 Å². The Hall–Kier alpha value is -1.26. The molecule has 0 saturated carbocycles. The molecule has 0 fully saturated rings. The van der Waals surface area contributed by atoms with Crippen LogP contribution in [0.3, 0.4) is 0 Å². The van der Waals surface area contributed by atoms with E-state index in [4.69, 9.17) is 5.11 Å². The minimum Gasteiger partial charge on any atom is -0.480 e. The monoisotopic (exact) mass is 230 g/mol. The Labute approximate surface area is 96.8 Å². The molecule has 0 aliphatic carbocycles. The van der Waals surface area contributed by atoms with E-state index in [0.29, 0.717) is 19.5 Å². The smallest absolute Gasteiger partial charge is 0.326 e. The van der Waals surface area contributed by atoms with E-state index in [-0.39, 0.29) is 11.9 Å². The van der Waals surface area contributed by atoms with Crippen LogP contribution in [0.1, 0.15) is 34.1 Å². The third-order valence-corrected chi connectivity index (χ3v) is 2.35. The van der Waals surface area contributed by atoms with Crippen LogP contribution in [-0.2, 0) is 4.79 Å². The first-order chi connectivity index (χ1) is 7.42. The molecule has 5 nitrogen and oxygen atoms in total. The molecule has 0 spiro atoms. The van der Waals surface area contributed by atoms with E-state index in [2.05, 4.69) is 5.32 Å². The molecule has 0 aliphatic rings. The molecular formula is C11H22N2O3. The number of rotatable bonds is 6. The maximum Gasteiger partial charge on any atom is 0.326 e. The quantitative estimate of drug-likeness (QED) is 0.727. The van der Waals surface area contributed by atoms with E-state index in [1.165, 1.54) is 0 Å². The van der Waals surface area contributed by atoms with Gasteiger partial charge in [0.15, 0.2) is 0 Å². The zero-order valence-corrected chi connectivity index (χ0v) is 10.5. The Kier molecular flexibility index (Phi) is 6.53. The fourth-order valence-corrected chi connectivity index (χ4v) is 1.44. The average Bonchev–Trinajstić information content (AvgIpc) is 2.17. The number of carbonyl (C=O) groups is 2. The molecule has 0 aliphatic heterocycles. The van der Waals surface area contributed by atoms with Gasteiger partial charge in [-0.25, -0.2) is 9.59 Å². The number of carbonyl (C=O) groups excluding carboxylic acids is 1. The summed E-state index contributed by atoms with van der Waals surface area (Å²) in [5, 5.41) is 11.5. The van der Waals surface area contributed by atoms with Gasteiger partial charge in [-0.2, -0.15) is 0 Å². The minimum atomic E-state index is -0.978. The fraction of sp³-hybridized carbons (Fsp3) is 0.818. The fourth-order valence-electron chi connectivity index (χ4n) is 1.44. The summed E-state index contributed by atoms with van der Waals surface area (Å²) in [5.74, 6) is -0.743. The highest BCUT2D eigenvalue weighted by atomic mass is 16.4. The number of aliphatic carboxylic acids is 1. The second-order valence-corrected chi connectivity index (χ2v) is 4.14. The molecule has 0 aromatic heterocycles. The van der Waals surface area contributed by atoms with Crippen molar-refractivity contribution in [2.24, 2.45) is 5.92 Å². The molecule has 0 aromatic rings. The third-order valence-electron chi connectivity index (χ3n) is 2.35. The Bertz CT molecular complexity index is 237. The van der Waals surface area contributed by atoms with Crippen molar-refractivity contribution >= 4 is 12.0 Å². The van der Waals surface area contributed by atoms with Crippen LogP contribution >= 0.6 is 0 Å². The Morgan fingerprint density at radius 1 is 1.25 bits per heavy atom. The van der Waals surface area contributed by atoms with Gasteiger partial charge < -0.3 is 15.3 Å². The summed E-state index contributed by atoms with van der Waals surface area (Å²) in [7, 11) is 0. The van der Waals surface area contributed by atoms with Gasteiger partial charge in [0.05, 0.1) is 0 Å². The van der Waals surface area contributed by atoms with Crippen molar-refractivity contribution in [3.05, 3.63) is 0 Å². The number of hydrogen-bond donors (Lipinski definition) is 2. The maximum absolute atomic E-state index is 11.7. The first-order valence-corrected chi connectivity index (χ1v) is 5.70. The number of urea groups is 1. The second kappa shape index (κ2) is 7.09. The van der Waals surface area contributed by atoms with Gasteiger partial charge in [-0.1, -0.05) is 13.8 Å². The molecule has 0 aromatic carbocycles. The summed E-state index contributed by atoms with van der Waals surface area (Å²) in [6.45, 7) is 8.74. The van der Waals surface area contributed by atoms with Crippen molar-refractivity contribution in [1.82, 2.24) is 10.2 Å². The molecule has 94 valence electrons. The van der Waals surface area contributed by atoms with Crippen molar-refractivity contribution in [3.63, 3.8) is 0 Å². The van der Waals surface area contributed by atoms with E-state index >= 15 is 0 Å². The van der Waals surface area contributed by atoms with Crippen molar-refractivity contribution in [3.8, 4) is 0 Å². The van der Waals surface area contributed by atoms with Crippen LogP contribution in [0.5, 0.6) is 0 Å². The largest absolute Gasteiger partial charge is 0.480 e. The van der Waals surface area contributed by atoms with Crippen LogP contribution in [0.4, 0.5) is 4.79 Å². The van der Waals surface area contributed by atoms with E-state index in [9.17, 15) is 9.59 Å². The van der Waals surface area contributed by atoms with Crippen LogP contribution in [-0.4, -0.2) is 41.1 Å². The summed E-state index contributed by atoms with van der Waals surface area (Å²) < 4.78 is 0. The number of carboxylic acid groups (broad SMARTS) is 1. The van der Waals surface area contributed by atoms with Crippen LogP contribution in [0.2, 0.25) is 0 Å². The van der Waals surface area contributed by atoms with Crippen LogP contribution < -0.4 is 5.32 Å². The molecule has 0 rings (SSSR count). The lowest BCUT2D eigenvalue weighted by atomic mass is 10.0. The lowest BCUT2D eigenvalue weighted by Crippen LogP contribution is -2.48. The third kappa shape index (κ3) is 5.00. The number of carboxylic acids is 1. The average molecular weight is 230 g/mol. The van der Waals surface area contributed by atoms with Gasteiger partial charge in [-0.3, -0.25) is 0 Å². The maximum atomic E-state index is 11.7. The van der Waals surface area contributed by atoms with Gasteiger partial charge in [0.25, 0.3) is 0 Å². The van der Waals surface area contributed by atoms with Gasteiger partial charge in [0.1, 0.15) is 6.04 Å². The first kappa shape index (κ1) is 14.7. The zero-order valence-electron chi connectivity index (χ0n) is 10.5. The molecular weight excluding hydrogens is 208 g/mol. The molecule has 2 amide bonds. The SMILES string of the molecule is CCN(CC)C(=O)N[C@H](CC(C)C)C(=O)O. The molecule has 0 radical (unpaired) electrons. The van der Waals surface area contributed by atoms with E-state index in [0.717, 1.165) is 0 Å².